The normalized spacial score (nSPS) is 10.7. The van der Waals surface area contributed by atoms with Crippen molar-refractivity contribution >= 4 is 29.1 Å². The third-order valence-electron chi connectivity index (χ3n) is 3.34. The third-order valence-corrected chi connectivity index (χ3v) is 3.73. The van der Waals surface area contributed by atoms with Gasteiger partial charge in [-0.25, -0.2) is 4.98 Å². The number of nitrogens with one attached hydrogen (secondary N) is 1. The van der Waals surface area contributed by atoms with Gasteiger partial charge >= 0.3 is 0 Å². The Morgan fingerprint density at radius 3 is 2.43 bits per heavy atom. The molecule has 0 spiro atoms. The third kappa shape index (κ3) is 3.74. The van der Waals surface area contributed by atoms with Gasteiger partial charge in [-0.05, 0) is 38.0 Å². The van der Waals surface area contributed by atoms with Crippen LogP contribution in [0.3, 0.4) is 0 Å². The van der Waals surface area contributed by atoms with Crippen molar-refractivity contribution in [3.05, 3.63) is 45.0 Å². The minimum absolute atomic E-state index is 0.201. The van der Waals surface area contributed by atoms with Gasteiger partial charge in [0.1, 0.15) is 10.3 Å². The van der Waals surface area contributed by atoms with E-state index in [2.05, 4.69) is 15.4 Å². The van der Waals surface area contributed by atoms with Crippen molar-refractivity contribution < 1.29 is 4.79 Å². The second-order valence-electron chi connectivity index (χ2n) is 4.78. The van der Waals surface area contributed by atoms with E-state index in [4.69, 9.17) is 23.2 Å². The number of halogens is 2. The topological polar surface area (TPSA) is 59.8 Å². The molecule has 5 nitrogen and oxygen atoms in total. The van der Waals surface area contributed by atoms with Crippen molar-refractivity contribution in [1.82, 2.24) is 20.1 Å². The van der Waals surface area contributed by atoms with E-state index in [-0.39, 0.29) is 16.2 Å². The fourth-order valence-electron chi connectivity index (χ4n) is 2.18. The van der Waals surface area contributed by atoms with E-state index in [0.29, 0.717) is 12.1 Å². The molecule has 0 atom stereocenters. The first-order valence-corrected chi connectivity index (χ1v) is 7.24. The molecule has 0 saturated heterocycles. The van der Waals surface area contributed by atoms with Gasteiger partial charge in [-0.1, -0.05) is 23.2 Å². The van der Waals surface area contributed by atoms with Crippen molar-refractivity contribution in [3.63, 3.8) is 0 Å². The summed E-state index contributed by atoms with van der Waals surface area (Å²) in [5.74, 6) is -0.222. The molecule has 0 aliphatic carbocycles. The first-order chi connectivity index (χ1) is 9.88. The summed E-state index contributed by atoms with van der Waals surface area (Å²) < 4.78 is 1.84. The van der Waals surface area contributed by atoms with E-state index in [1.165, 1.54) is 12.1 Å². The molecule has 0 saturated carbocycles. The summed E-state index contributed by atoms with van der Waals surface area (Å²) in [5, 5.41) is 7.60. The molecule has 2 aromatic rings. The molecule has 112 valence electrons. The number of rotatable bonds is 4. The Labute approximate surface area is 133 Å². The number of amides is 1. The smallest absolute Gasteiger partial charge is 0.251 e. The highest BCUT2D eigenvalue weighted by Gasteiger charge is 2.11. The zero-order valence-corrected chi connectivity index (χ0v) is 13.6. The minimum atomic E-state index is -0.222. The zero-order chi connectivity index (χ0) is 15.6. The highest BCUT2D eigenvalue weighted by atomic mass is 35.5. The number of hydrogen-bond acceptors (Lipinski definition) is 3. The Hall–Kier alpha value is -1.59. The predicted octanol–water partition coefficient (Wildman–Crippen LogP) is 2.71. The summed E-state index contributed by atoms with van der Waals surface area (Å²) in [4.78, 5) is 15.8. The Balaban J connectivity index is 1.98. The van der Waals surface area contributed by atoms with E-state index >= 15 is 0 Å². The molecule has 21 heavy (non-hydrogen) atoms. The maximum absolute atomic E-state index is 12.0. The lowest BCUT2D eigenvalue weighted by Crippen LogP contribution is -2.26. The number of aromatic nitrogens is 3. The molecule has 0 fully saturated rings. The van der Waals surface area contributed by atoms with E-state index in [0.717, 1.165) is 23.4 Å². The first kappa shape index (κ1) is 15.8. The summed E-state index contributed by atoms with van der Waals surface area (Å²) in [7, 11) is 1.91. The molecule has 0 bridgehead atoms. The van der Waals surface area contributed by atoms with Gasteiger partial charge in [-0.15, -0.1) is 0 Å². The molecule has 0 aromatic carbocycles. The van der Waals surface area contributed by atoms with E-state index < -0.39 is 0 Å². The fourth-order valence-corrected chi connectivity index (χ4v) is 2.64. The van der Waals surface area contributed by atoms with Crippen molar-refractivity contribution in [2.45, 2.75) is 20.3 Å². The molecule has 0 aliphatic rings. The van der Waals surface area contributed by atoms with Crippen LogP contribution in [-0.4, -0.2) is 27.2 Å². The minimum Gasteiger partial charge on any atom is -0.352 e. The Morgan fingerprint density at radius 2 is 1.90 bits per heavy atom. The van der Waals surface area contributed by atoms with Crippen LogP contribution in [0.2, 0.25) is 10.3 Å². The standard InChI is InChI=1S/C14H16Cl2N4O/c1-8-11(9(2)20(3)19-8)4-5-17-14(21)10-6-12(15)18-13(16)7-10/h6-7H,4-5H2,1-3H3,(H,17,21). The Bertz CT molecular complexity index is 662. The number of nitrogens with zero attached hydrogens (tertiary/aromatic N) is 3. The number of aryl methyl sites for hydroxylation is 2. The van der Waals surface area contributed by atoms with Crippen LogP contribution < -0.4 is 5.32 Å². The highest BCUT2D eigenvalue weighted by molar-refractivity contribution is 6.33. The van der Waals surface area contributed by atoms with E-state index in [1.807, 2.05) is 25.6 Å². The number of hydrogen-bond donors (Lipinski definition) is 1. The maximum atomic E-state index is 12.0. The second kappa shape index (κ2) is 6.45. The van der Waals surface area contributed by atoms with Gasteiger partial charge in [0.15, 0.2) is 0 Å². The van der Waals surface area contributed by atoms with Crippen LogP contribution in [0, 0.1) is 13.8 Å². The molecule has 0 unspecified atom stereocenters. The van der Waals surface area contributed by atoms with Gasteiger partial charge in [0.25, 0.3) is 5.91 Å². The zero-order valence-electron chi connectivity index (χ0n) is 12.1. The van der Waals surface area contributed by atoms with E-state index in [9.17, 15) is 4.79 Å². The molecular formula is C14H16Cl2N4O. The van der Waals surface area contributed by atoms with Crippen LogP contribution >= 0.6 is 23.2 Å². The van der Waals surface area contributed by atoms with Crippen molar-refractivity contribution in [1.29, 1.82) is 0 Å². The Morgan fingerprint density at radius 1 is 1.29 bits per heavy atom. The summed E-state index contributed by atoms with van der Waals surface area (Å²) >= 11 is 11.6. The van der Waals surface area contributed by atoms with Crippen molar-refractivity contribution in [3.8, 4) is 0 Å². The quantitative estimate of drug-likeness (QED) is 0.879. The molecule has 0 aliphatic heterocycles. The van der Waals surface area contributed by atoms with Gasteiger partial charge in [-0.2, -0.15) is 5.10 Å². The van der Waals surface area contributed by atoms with Crippen LogP contribution in [0.5, 0.6) is 0 Å². The largest absolute Gasteiger partial charge is 0.352 e. The monoisotopic (exact) mass is 326 g/mol. The van der Waals surface area contributed by atoms with Crippen LogP contribution in [0.4, 0.5) is 0 Å². The summed E-state index contributed by atoms with van der Waals surface area (Å²) in [6.07, 6.45) is 0.726. The first-order valence-electron chi connectivity index (χ1n) is 6.49. The molecular weight excluding hydrogens is 311 g/mol. The second-order valence-corrected chi connectivity index (χ2v) is 5.55. The van der Waals surface area contributed by atoms with Gasteiger partial charge in [0, 0.05) is 24.8 Å². The van der Waals surface area contributed by atoms with Crippen LogP contribution in [0.25, 0.3) is 0 Å². The number of carbonyl (C=O) groups is 1. The van der Waals surface area contributed by atoms with Crippen LogP contribution in [-0.2, 0) is 13.5 Å². The van der Waals surface area contributed by atoms with Crippen molar-refractivity contribution in [2.75, 3.05) is 6.54 Å². The number of carbonyl (C=O) groups excluding carboxylic acids is 1. The summed E-state index contributed by atoms with van der Waals surface area (Å²) in [5.41, 5.74) is 3.65. The average Bonchev–Trinajstić information content (AvgIpc) is 2.63. The van der Waals surface area contributed by atoms with Gasteiger partial charge < -0.3 is 5.32 Å². The molecule has 2 heterocycles. The summed E-state index contributed by atoms with van der Waals surface area (Å²) in [6, 6.07) is 2.98. The van der Waals surface area contributed by atoms with E-state index in [1.54, 1.807) is 0 Å². The lowest BCUT2D eigenvalue weighted by Gasteiger charge is -2.06. The van der Waals surface area contributed by atoms with Gasteiger partial charge in [0.2, 0.25) is 0 Å². The van der Waals surface area contributed by atoms with Crippen LogP contribution in [0.15, 0.2) is 12.1 Å². The molecule has 1 amide bonds. The maximum Gasteiger partial charge on any atom is 0.251 e. The molecule has 2 rings (SSSR count). The molecule has 7 heteroatoms. The molecule has 1 N–H and O–H groups in total. The highest BCUT2D eigenvalue weighted by Crippen LogP contribution is 2.15. The lowest BCUT2D eigenvalue weighted by molar-refractivity contribution is 0.0954. The Kier molecular flexibility index (Phi) is 4.85. The SMILES string of the molecule is Cc1nn(C)c(C)c1CCNC(=O)c1cc(Cl)nc(Cl)c1. The van der Waals surface area contributed by atoms with Gasteiger partial charge in [-0.3, -0.25) is 9.48 Å². The van der Waals surface area contributed by atoms with Crippen LogP contribution in [0.1, 0.15) is 27.3 Å². The van der Waals surface area contributed by atoms with Crippen molar-refractivity contribution in [2.24, 2.45) is 7.05 Å². The molecule has 2 aromatic heterocycles. The van der Waals surface area contributed by atoms with Gasteiger partial charge in [0.05, 0.1) is 5.69 Å². The summed E-state index contributed by atoms with van der Waals surface area (Å²) in [6.45, 7) is 4.50. The lowest BCUT2D eigenvalue weighted by atomic mass is 10.1. The predicted molar refractivity (Wildman–Crippen MR) is 83.0 cm³/mol. The molecule has 0 radical (unpaired) electrons. The average molecular weight is 327 g/mol. The number of pyridine rings is 1. The fraction of sp³-hybridized carbons (Fsp3) is 0.357.